The molecule has 1 nitrogen and oxygen atoms in total. The van der Waals surface area contributed by atoms with E-state index in [2.05, 4.69) is 15.9 Å². The number of benzene rings is 2. The standard InChI is InChI=1S/C13H9BrF3N/c14-10-4-1-7(5-12(10)17)13(18)9-3-2-8(15)6-11(9)16/h1-6,13H,18H2. The van der Waals surface area contributed by atoms with Gasteiger partial charge in [-0.3, -0.25) is 0 Å². The van der Waals surface area contributed by atoms with Crippen molar-refractivity contribution in [3.63, 3.8) is 0 Å². The van der Waals surface area contributed by atoms with E-state index in [9.17, 15) is 13.2 Å². The Morgan fingerprint density at radius 2 is 1.67 bits per heavy atom. The average molecular weight is 316 g/mol. The van der Waals surface area contributed by atoms with Crippen molar-refractivity contribution in [3.8, 4) is 0 Å². The highest BCUT2D eigenvalue weighted by Crippen LogP contribution is 2.25. The van der Waals surface area contributed by atoms with Crippen molar-refractivity contribution < 1.29 is 13.2 Å². The predicted octanol–water partition coefficient (Wildman–Crippen LogP) is 3.91. The van der Waals surface area contributed by atoms with Gasteiger partial charge < -0.3 is 5.73 Å². The highest BCUT2D eigenvalue weighted by atomic mass is 79.9. The molecule has 0 spiro atoms. The molecule has 18 heavy (non-hydrogen) atoms. The fourth-order valence-electron chi connectivity index (χ4n) is 1.64. The summed E-state index contributed by atoms with van der Waals surface area (Å²) in [6, 6.07) is 6.59. The lowest BCUT2D eigenvalue weighted by Gasteiger charge is -2.14. The van der Waals surface area contributed by atoms with Crippen LogP contribution < -0.4 is 5.73 Å². The predicted molar refractivity (Wildman–Crippen MR) is 66.5 cm³/mol. The quantitative estimate of drug-likeness (QED) is 0.893. The van der Waals surface area contributed by atoms with Gasteiger partial charge in [0.2, 0.25) is 0 Å². The Morgan fingerprint density at radius 3 is 2.28 bits per heavy atom. The maximum absolute atomic E-state index is 13.5. The zero-order chi connectivity index (χ0) is 13.3. The molecule has 0 aliphatic heterocycles. The molecule has 0 aliphatic carbocycles. The lowest BCUT2D eigenvalue weighted by molar-refractivity contribution is 0.564. The molecule has 1 atom stereocenters. The number of halogens is 4. The van der Waals surface area contributed by atoms with Crippen molar-refractivity contribution >= 4 is 15.9 Å². The second-order valence-corrected chi connectivity index (χ2v) is 4.67. The Hall–Kier alpha value is -1.33. The molecule has 2 N–H and O–H groups in total. The van der Waals surface area contributed by atoms with Gasteiger partial charge in [0, 0.05) is 11.6 Å². The first-order chi connectivity index (χ1) is 8.49. The maximum Gasteiger partial charge on any atom is 0.137 e. The van der Waals surface area contributed by atoms with Gasteiger partial charge in [0.25, 0.3) is 0 Å². The van der Waals surface area contributed by atoms with E-state index in [4.69, 9.17) is 5.73 Å². The van der Waals surface area contributed by atoms with Crippen LogP contribution in [-0.2, 0) is 0 Å². The molecule has 0 heterocycles. The molecule has 2 aromatic carbocycles. The topological polar surface area (TPSA) is 26.0 Å². The minimum Gasteiger partial charge on any atom is -0.320 e. The Balaban J connectivity index is 2.41. The molecule has 0 saturated heterocycles. The van der Waals surface area contributed by atoms with Gasteiger partial charge in [-0.2, -0.15) is 0 Å². The molecule has 2 rings (SSSR count). The molecule has 94 valence electrons. The highest BCUT2D eigenvalue weighted by Gasteiger charge is 2.15. The van der Waals surface area contributed by atoms with E-state index in [1.54, 1.807) is 6.07 Å². The third-order valence-corrected chi connectivity index (χ3v) is 3.24. The highest BCUT2D eigenvalue weighted by molar-refractivity contribution is 9.10. The van der Waals surface area contributed by atoms with Crippen LogP contribution >= 0.6 is 15.9 Å². The summed E-state index contributed by atoms with van der Waals surface area (Å²) in [4.78, 5) is 0. The summed E-state index contributed by atoms with van der Waals surface area (Å²) in [5.41, 5.74) is 6.38. The van der Waals surface area contributed by atoms with E-state index in [1.807, 2.05) is 0 Å². The van der Waals surface area contributed by atoms with Gasteiger partial charge in [-0.1, -0.05) is 12.1 Å². The van der Waals surface area contributed by atoms with Gasteiger partial charge >= 0.3 is 0 Å². The van der Waals surface area contributed by atoms with E-state index in [0.717, 1.165) is 12.1 Å². The van der Waals surface area contributed by atoms with Gasteiger partial charge in [-0.15, -0.1) is 0 Å². The third kappa shape index (κ3) is 2.57. The lowest BCUT2D eigenvalue weighted by Crippen LogP contribution is -2.14. The lowest BCUT2D eigenvalue weighted by atomic mass is 9.99. The van der Waals surface area contributed by atoms with Crippen LogP contribution in [0.2, 0.25) is 0 Å². The van der Waals surface area contributed by atoms with Crippen molar-refractivity contribution in [3.05, 3.63) is 69.4 Å². The molecular weight excluding hydrogens is 307 g/mol. The van der Waals surface area contributed by atoms with Crippen LogP contribution in [0.5, 0.6) is 0 Å². The number of hydrogen-bond acceptors (Lipinski definition) is 1. The van der Waals surface area contributed by atoms with E-state index >= 15 is 0 Å². The number of hydrogen-bond donors (Lipinski definition) is 1. The minimum absolute atomic E-state index is 0.123. The van der Waals surface area contributed by atoms with Gasteiger partial charge in [0.1, 0.15) is 17.5 Å². The molecular formula is C13H9BrF3N. The normalized spacial score (nSPS) is 12.5. The molecule has 0 fully saturated rings. The van der Waals surface area contributed by atoms with Crippen molar-refractivity contribution in [1.29, 1.82) is 0 Å². The average Bonchev–Trinajstić information content (AvgIpc) is 2.32. The largest absolute Gasteiger partial charge is 0.320 e. The van der Waals surface area contributed by atoms with Crippen LogP contribution in [0.1, 0.15) is 17.2 Å². The first-order valence-corrected chi connectivity index (χ1v) is 5.94. The third-order valence-electron chi connectivity index (χ3n) is 2.60. The monoisotopic (exact) mass is 315 g/mol. The van der Waals surface area contributed by atoms with Crippen molar-refractivity contribution in [2.45, 2.75) is 6.04 Å². The van der Waals surface area contributed by atoms with Crippen molar-refractivity contribution in [2.75, 3.05) is 0 Å². The molecule has 0 bridgehead atoms. The summed E-state index contributed by atoms with van der Waals surface area (Å²) in [6.45, 7) is 0. The van der Waals surface area contributed by atoms with Gasteiger partial charge in [-0.05, 0) is 39.7 Å². The molecule has 2 aromatic rings. The van der Waals surface area contributed by atoms with Crippen LogP contribution in [0.25, 0.3) is 0 Å². The van der Waals surface area contributed by atoms with E-state index in [0.29, 0.717) is 10.0 Å². The number of rotatable bonds is 2. The summed E-state index contributed by atoms with van der Waals surface area (Å²) in [6.07, 6.45) is 0. The van der Waals surface area contributed by atoms with Crippen LogP contribution in [-0.4, -0.2) is 0 Å². The zero-order valence-corrected chi connectivity index (χ0v) is 10.7. The summed E-state index contributed by atoms with van der Waals surface area (Å²) in [7, 11) is 0. The molecule has 1 unspecified atom stereocenters. The van der Waals surface area contributed by atoms with Gasteiger partial charge in [0.15, 0.2) is 0 Å². The molecule has 0 radical (unpaired) electrons. The molecule has 0 aromatic heterocycles. The Morgan fingerprint density at radius 1 is 0.944 bits per heavy atom. The van der Waals surface area contributed by atoms with Crippen LogP contribution in [0.3, 0.4) is 0 Å². The summed E-state index contributed by atoms with van der Waals surface area (Å²) >= 11 is 3.02. The van der Waals surface area contributed by atoms with Crippen LogP contribution in [0.15, 0.2) is 40.9 Å². The molecule has 0 aliphatic rings. The molecule has 5 heteroatoms. The molecule has 0 saturated carbocycles. The second-order valence-electron chi connectivity index (χ2n) is 3.82. The Bertz CT molecular complexity index is 586. The zero-order valence-electron chi connectivity index (χ0n) is 9.13. The van der Waals surface area contributed by atoms with Gasteiger partial charge in [0.05, 0.1) is 10.5 Å². The summed E-state index contributed by atoms with van der Waals surface area (Å²) in [5, 5.41) is 0. The Kier molecular flexibility index (Phi) is 3.73. The summed E-state index contributed by atoms with van der Waals surface area (Å²) < 4.78 is 40.0. The number of nitrogens with two attached hydrogens (primary N) is 1. The Labute approximate surface area is 111 Å². The van der Waals surface area contributed by atoms with E-state index in [-0.39, 0.29) is 5.56 Å². The van der Waals surface area contributed by atoms with Gasteiger partial charge in [-0.25, -0.2) is 13.2 Å². The first kappa shape index (κ1) is 13.1. The second kappa shape index (κ2) is 5.12. The molecule has 0 amide bonds. The maximum atomic E-state index is 13.5. The van der Waals surface area contributed by atoms with Crippen molar-refractivity contribution in [2.24, 2.45) is 5.73 Å². The fourth-order valence-corrected chi connectivity index (χ4v) is 1.89. The SMILES string of the molecule is NC(c1ccc(Br)c(F)c1)c1ccc(F)cc1F. The fraction of sp³-hybridized carbons (Fsp3) is 0.0769. The first-order valence-electron chi connectivity index (χ1n) is 5.14. The minimum atomic E-state index is -0.840. The van der Waals surface area contributed by atoms with Crippen LogP contribution in [0.4, 0.5) is 13.2 Å². The smallest absolute Gasteiger partial charge is 0.137 e. The van der Waals surface area contributed by atoms with Crippen LogP contribution in [0, 0.1) is 17.5 Å². The van der Waals surface area contributed by atoms with E-state index < -0.39 is 23.5 Å². The van der Waals surface area contributed by atoms with Crippen molar-refractivity contribution in [1.82, 2.24) is 0 Å². The van der Waals surface area contributed by atoms with E-state index in [1.165, 1.54) is 18.2 Å². The summed E-state index contributed by atoms with van der Waals surface area (Å²) in [5.74, 6) is -1.90.